The van der Waals surface area contributed by atoms with Crippen LogP contribution in [-0.2, 0) is 0 Å². The number of hydrogen-bond donors (Lipinski definition) is 2. The van der Waals surface area contributed by atoms with Crippen molar-refractivity contribution < 1.29 is 19.4 Å². The Bertz CT molecular complexity index is 1500. The van der Waals surface area contributed by atoms with Gasteiger partial charge in [-0.15, -0.1) is 0 Å². The minimum absolute atomic E-state index is 0.223. The van der Waals surface area contributed by atoms with E-state index in [9.17, 15) is 9.90 Å². The van der Waals surface area contributed by atoms with Crippen LogP contribution in [0.4, 0.5) is 5.69 Å². The summed E-state index contributed by atoms with van der Waals surface area (Å²) in [5.74, 6) is 0.369. The first kappa shape index (κ1) is 25.3. The predicted molar refractivity (Wildman–Crippen MR) is 150 cm³/mol. The maximum atomic E-state index is 11.4. The molecule has 0 radical (unpaired) electrons. The largest absolute Gasteiger partial charge is 0.497 e. The van der Waals surface area contributed by atoms with Gasteiger partial charge in [0, 0.05) is 29.3 Å². The SMILES string of the molecule is COc1ccc(N2C(=S)N[C@H](c3ccccn3)[C@H]2c2cc(C)n(-c3ccc(C(=O)O)cc3)c2C)c(OC)c1. The van der Waals surface area contributed by atoms with Crippen molar-refractivity contribution >= 4 is 29.0 Å². The van der Waals surface area contributed by atoms with Crippen molar-refractivity contribution in [3.05, 3.63) is 101 Å². The number of rotatable bonds is 7. The molecule has 3 heterocycles. The van der Waals surface area contributed by atoms with Crippen LogP contribution in [0, 0.1) is 13.8 Å². The number of ether oxygens (including phenoxy) is 2. The molecule has 1 fully saturated rings. The number of hydrogen-bond acceptors (Lipinski definition) is 5. The molecule has 2 atom stereocenters. The van der Waals surface area contributed by atoms with Crippen LogP contribution in [0.3, 0.4) is 0 Å². The zero-order chi connectivity index (χ0) is 27.0. The van der Waals surface area contributed by atoms with Gasteiger partial charge in [-0.05, 0) is 86.2 Å². The fourth-order valence-corrected chi connectivity index (χ4v) is 5.49. The molecule has 0 bridgehead atoms. The van der Waals surface area contributed by atoms with Crippen LogP contribution in [0.5, 0.6) is 11.5 Å². The summed E-state index contributed by atoms with van der Waals surface area (Å²) in [6, 6.07) is 20.1. The van der Waals surface area contributed by atoms with Gasteiger partial charge in [-0.1, -0.05) is 6.07 Å². The van der Waals surface area contributed by atoms with Crippen LogP contribution in [0.25, 0.3) is 5.69 Å². The molecule has 2 N–H and O–H groups in total. The molecule has 0 unspecified atom stereocenters. The lowest BCUT2D eigenvalue weighted by molar-refractivity contribution is 0.0697. The van der Waals surface area contributed by atoms with E-state index in [0.29, 0.717) is 16.6 Å². The highest BCUT2D eigenvalue weighted by atomic mass is 32.1. The molecule has 8 nitrogen and oxygen atoms in total. The second kappa shape index (κ2) is 10.2. The number of carboxylic acid groups (broad SMARTS) is 1. The van der Waals surface area contributed by atoms with Gasteiger partial charge in [-0.3, -0.25) is 4.98 Å². The van der Waals surface area contributed by atoms with Crippen molar-refractivity contribution in [1.29, 1.82) is 0 Å². The molecule has 2 aromatic carbocycles. The lowest BCUT2D eigenvalue weighted by atomic mass is 9.96. The summed E-state index contributed by atoms with van der Waals surface area (Å²) in [6.45, 7) is 4.10. The van der Waals surface area contributed by atoms with E-state index in [4.69, 9.17) is 21.7 Å². The molecule has 0 amide bonds. The highest BCUT2D eigenvalue weighted by Gasteiger charge is 2.43. The molecule has 1 saturated heterocycles. The Kier molecular flexibility index (Phi) is 6.77. The van der Waals surface area contributed by atoms with Crippen LogP contribution in [0.2, 0.25) is 0 Å². The van der Waals surface area contributed by atoms with Crippen LogP contribution >= 0.6 is 12.2 Å². The highest BCUT2D eigenvalue weighted by Crippen LogP contribution is 2.46. The van der Waals surface area contributed by atoms with Gasteiger partial charge in [0.05, 0.1) is 43.2 Å². The van der Waals surface area contributed by atoms with Crippen LogP contribution in [-0.4, -0.2) is 40.0 Å². The lowest BCUT2D eigenvalue weighted by Gasteiger charge is -2.29. The zero-order valence-electron chi connectivity index (χ0n) is 21.5. The Hall–Kier alpha value is -4.37. The number of aromatic nitrogens is 2. The quantitative estimate of drug-likeness (QED) is 0.309. The fraction of sp³-hybridized carbons (Fsp3) is 0.207. The monoisotopic (exact) mass is 528 g/mol. The average molecular weight is 529 g/mol. The summed E-state index contributed by atoms with van der Waals surface area (Å²) in [4.78, 5) is 18.1. The third-order valence-electron chi connectivity index (χ3n) is 6.91. The molecule has 0 aliphatic carbocycles. The number of nitrogens with one attached hydrogen (secondary N) is 1. The number of aryl methyl sites for hydroxylation is 1. The molecule has 38 heavy (non-hydrogen) atoms. The van der Waals surface area contributed by atoms with Gasteiger partial charge < -0.3 is 29.4 Å². The first-order valence-electron chi connectivity index (χ1n) is 12.1. The second-order valence-electron chi connectivity index (χ2n) is 9.05. The number of aromatic carboxylic acids is 1. The molecule has 0 spiro atoms. The number of carbonyl (C=O) groups is 1. The minimum atomic E-state index is -0.953. The van der Waals surface area contributed by atoms with Gasteiger partial charge in [0.2, 0.25) is 0 Å². The van der Waals surface area contributed by atoms with Crippen LogP contribution in [0.1, 0.15) is 45.1 Å². The number of benzene rings is 2. The van der Waals surface area contributed by atoms with Crippen molar-refractivity contribution in [2.24, 2.45) is 0 Å². The van der Waals surface area contributed by atoms with Gasteiger partial charge in [-0.25, -0.2) is 4.79 Å². The van der Waals surface area contributed by atoms with E-state index in [1.54, 1.807) is 32.5 Å². The number of pyridine rings is 1. The Morgan fingerprint density at radius 3 is 2.42 bits per heavy atom. The summed E-state index contributed by atoms with van der Waals surface area (Å²) in [5.41, 5.74) is 5.89. The smallest absolute Gasteiger partial charge is 0.335 e. The number of nitrogens with zero attached hydrogens (tertiary/aromatic N) is 3. The third-order valence-corrected chi connectivity index (χ3v) is 7.22. The number of methoxy groups -OCH3 is 2. The predicted octanol–water partition coefficient (Wildman–Crippen LogP) is 5.38. The normalized spacial score (nSPS) is 16.8. The van der Waals surface area contributed by atoms with Crippen LogP contribution in [0.15, 0.2) is 72.9 Å². The minimum Gasteiger partial charge on any atom is -0.497 e. The Balaban J connectivity index is 1.67. The number of carboxylic acids is 1. The molecule has 5 rings (SSSR count). The van der Waals surface area contributed by atoms with E-state index in [1.807, 2.05) is 55.5 Å². The van der Waals surface area contributed by atoms with E-state index in [0.717, 1.165) is 34.0 Å². The molecule has 4 aromatic rings. The average Bonchev–Trinajstić information content (AvgIpc) is 3.43. The number of anilines is 1. The molecule has 2 aromatic heterocycles. The first-order valence-corrected chi connectivity index (χ1v) is 12.5. The molecule has 0 saturated carbocycles. The van der Waals surface area contributed by atoms with Gasteiger partial charge in [0.1, 0.15) is 11.5 Å². The molecule has 9 heteroatoms. The van der Waals surface area contributed by atoms with Crippen molar-refractivity contribution in [3.8, 4) is 17.2 Å². The van der Waals surface area contributed by atoms with E-state index >= 15 is 0 Å². The van der Waals surface area contributed by atoms with E-state index in [-0.39, 0.29) is 17.6 Å². The highest BCUT2D eigenvalue weighted by molar-refractivity contribution is 7.80. The lowest BCUT2D eigenvalue weighted by Crippen LogP contribution is -2.30. The molecule has 194 valence electrons. The zero-order valence-corrected chi connectivity index (χ0v) is 22.3. The van der Waals surface area contributed by atoms with Crippen molar-refractivity contribution in [2.75, 3.05) is 19.1 Å². The third kappa shape index (κ3) is 4.35. The fourth-order valence-electron chi connectivity index (χ4n) is 5.15. The molecular formula is C29H28N4O4S. The maximum absolute atomic E-state index is 11.4. The number of thiocarbonyl (C=S) groups is 1. The van der Waals surface area contributed by atoms with E-state index in [2.05, 4.69) is 32.8 Å². The summed E-state index contributed by atoms with van der Waals surface area (Å²) in [5, 5.41) is 13.4. The molecule has 1 aliphatic rings. The molecule has 1 aliphatic heterocycles. The van der Waals surface area contributed by atoms with Crippen molar-refractivity contribution in [3.63, 3.8) is 0 Å². The Morgan fingerprint density at radius 2 is 1.79 bits per heavy atom. The van der Waals surface area contributed by atoms with Gasteiger partial charge >= 0.3 is 5.97 Å². The topological polar surface area (TPSA) is 88.9 Å². The van der Waals surface area contributed by atoms with E-state index < -0.39 is 5.97 Å². The van der Waals surface area contributed by atoms with Gasteiger partial charge in [0.25, 0.3) is 0 Å². The van der Waals surface area contributed by atoms with Crippen LogP contribution < -0.4 is 19.7 Å². The first-order chi connectivity index (χ1) is 18.3. The standard InChI is InChI=1S/C29H28N4O4S/c1-17-15-22(18(2)32(17)20-10-8-19(9-11-20)28(34)35)27-26(23-7-5-6-14-30-23)31-29(38)33(27)24-13-12-21(36-3)16-25(24)37-4/h5-16,26-27H,1-4H3,(H,31,38)(H,34,35)/t26-,27-/m1/s1. The Morgan fingerprint density at radius 1 is 1.03 bits per heavy atom. The summed E-state index contributed by atoms with van der Waals surface area (Å²) in [6.07, 6.45) is 1.78. The van der Waals surface area contributed by atoms with Gasteiger partial charge in [0.15, 0.2) is 5.11 Å². The Labute approximate surface area is 226 Å². The summed E-state index contributed by atoms with van der Waals surface area (Å²) in [7, 11) is 3.25. The van der Waals surface area contributed by atoms with Crippen molar-refractivity contribution in [2.45, 2.75) is 25.9 Å². The molecular weight excluding hydrogens is 500 g/mol. The second-order valence-corrected chi connectivity index (χ2v) is 9.43. The van der Waals surface area contributed by atoms with Crippen molar-refractivity contribution in [1.82, 2.24) is 14.9 Å². The maximum Gasteiger partial charge on any atom is 0.335 e. The van der Waals surface area contributed by atoms with Gasteiger partial charge in [-0.2, -0.15) is 0 Å². The summed E-state index contributed by atoms with van der Waals surface area (Å²) < 4.78 is 13.3. The summed E-state index contributed by atoms with van der Waals surface area (Å²) >= 11 is 5.90. The van der Waals surface area contributed by atoms with E-state index in [1.165, 1.54) is 0 Å².